The van der Waals surface area contributed by atoms with Gasteiger partial charge in [0.2, 0.25) is 0 Å². The van der Waals surface area contributed by atoms with Crippen LogP contribution in [0.2, 0.25) is 0 Å². The maximum absolute atomic E-state index is 5.43. The highest BCUT2D eigenvalue weighted by molar-refractivity contribution is 4.70. The molecule has 1 rings (SSSR count). The van der Waals surface area contributed by atoms with Crippen molar-refractivity contribution < 1.29 is 4.74 Å². The second kappa shape index (κ2) is 8.04. The Hall–Kier alpha value is -0.120. The summed E-state index contributed by atoms with van der Waals surface area (Å²) in [5.74, 6) is 0. The molecule has 96 valence electrons. The number of hydrogen-bond acceptors (Lipinski definition) is 3. The molecule has 1 N–H and O–H groups in total. The van der Waals surface area contributed by atoms with Gasteiger partial charge in [-0.15, -0.1) is 0 Å². The van der Waals surface area contributed by atoms with Crippen LogP contribution in [0.4, 0.5) is 0 Å². The quantitative estimate of drug-likeness (QED) is 0.673. The van der Waals surface area contributed by atoms with Crippen molar-refractivity contribution in [2.45, 2.75) is 52.1 Å². The molecule has 3 nitrogen and oxygen atoms in total. The number of rotatable bonds is 7. The molecule has 0 aromatic carbocycles. The molecule has 1 atom stereocenters. The predicted molar refractivity (Wildman–Crippen MR) is 68.8 cm³/mol. The Morgan fingerprint density at radius 3 is 2.81 bits per heavy atom. The summed E-state index contributed by atoms with van der Waals surface area (Å²) in [7, 11) is 0. The fourth-order valence-electron chi connectivity index (χ4n) is 2.10. The van der Waals surface area contributed by atoms with Crippen LogP contribution in [0.1, 0.15) is 40.0 Å². The van der Waals surface area contributed by atoms with E-state index in [1.165, 1.54) is 25.8 Å². The summed E-state index contributed by atoms with van der Waals surface area (Å²) in [6.45, 7) is 12.0. The van der Waals surface area contributed by atoms with Crippen molar-refractivity contribution in [3.8, 4) is 0 Å². The molecule has 0 amide bonds. The molecule has 0 bridgehead atoms. The molecule has 16 heavy (non-hydrogen) atoms. The molecule has 1 unspecified atom stereocenters. The first-order chi connectivity index (χ1) is 7.70. The predicted octanol–water partition coefficient (Wildman–Crippen LogP) is 1.88. The molecule has 3 heteroatoms. The van der Waals surface area contributed by atoms with Gasteiger partial charge < -0.3 is 10.1 Å². The van der Waals surface area contributed by atoms with Gasteiger partial charge in [0.05, 0.1) is 13.2 Å². The van der Waals surface area contributed by atoms with Crippen LogP contribution in [-0.2, 0) is 4.74 Å². The van der Waals surface area contributed by atoms with Crippen molar-refractivity contribution in [2.75, 3.05) is 32.8 Å². The monoisotopic (exact) mass is 228 g/mol. The maximum atomic E-state index is 5.43. The minimum Gasteiger partial charge on any atom is -0.379 e. The van der Waals surface area contributed by atoms with Crippen molar-refractivity contribution in [3.05, 3.63) is 0 Å². The summed E-state index contributed by atoms with van der Waals surface area (Å²) in [5.41, 5.74) is 0. The number of hydrogen-bond donors (Lipinski definition) is 1. The lowest BCUT2D eigenvalue weighted by Gasteiger charge is -2.33. The third kappa shape index (κ3) is 5.83. The van der Waals surface area contributed by atoms with Crippen LogP contribution in [0.5, 0.6) is 0 Å². The first-order valence-corrected chi connectivity index (χ1v) is 6.75. The maximum Gasteiger partial charge on any atom is 0.0619 e. The van der Waals surface area contributed by atoms with E-state index in [2.05, 4.69) is 31.0 Å². The third-order valence-electron chi connectivity index (χ3n) is 3.18. The molecular weight excluding hydrogens is 200 g/mol. The fraction of sp³-hybridized carbons (Fsp3) is 1.00. The average molecular weight is 228 g/mol. The molecule has 1 aliphatic heterocycles. The van der Waals surface area contributed by atoms with E-state index in [1.54, 1.807) is 0 Å². The van der Waals surface area contributed by atoms with Crippen molar-refractivity contribution in [1.82, 2.24) is 10.2 Å². The van der Waals surface area contributed by atoms with E-state index in [0.29, 0.717) is 12.1 Å². The zero-order valence-corrected chi connectivity index (χ0v) is 11.2. The van der Waals surface area contributed by atoms with Crippen LogP contribution in [0.15, 0.2) is 0 Å². The number of morpholine rings is 1. The zero-order chi connectivity index (χ0) is 11.8. The van der Waals surface area contributed by atoms with Crippen molar-refractivity contribution >= 4 is 0 Å². The molecule has 0 aromatic rings. The minimum atomic E-state index is 0.613. The lowest BCUT2D eigenvalue weighted by atomic mass is 10.2. The molecule has 1 saturated heterocycles. The first-order valence-electron chi connectivity index (χ1n) is 6.75. The fourth-order valence-corrected chi connectivity index (χ4v) is 2.10. The largest absolute Gasteiger partial charge is 0.379 e. The average Bonchev–Trinajstić information content (AvgIpc) is 2.25. The molecule has 1 heterocycles. The van der Waals surface area contributed by atoms with Crippen LogP contribution in [-0.4, -0.2) is 49.8 Å². The Morgan fingerprint density at radius 1 is 1.31 bits per heavy atom. The topological polar surface area (TPSA) is 24.5 Å². The van der Waals surface area contributed by atoms with Gasteiger partial charge in [-0.2, -0.15) is 0 Å². The number of nitrogens with zero attached hydrogens (tertiary/aromatic N) is 1. The molecule has 0 aromatic heterocycles. The van der Waals surface area contributed by atoms with E-state index in [1.807, 2.05) is 0 Å². The van der Waals surface area contributed by atoms with Crippen molar-refractivity contribution in [2.24, 2.45) is 0 Å². The Balaban J connectivity index is 1.94. The summed E-state index contributed by atoms with van der Waals surface area (Å²) >= 11 is 0. The van der Waals surface area contributed by atoms with Gasteiger partial charge in [0.25, 0.3) is 0 Å². The van der Waals surface area contributed by atoms with E-state index in [4.69, 9.17) is 4.74 Å². The van der Waals surface area contributed by atoms with Gasteiger partial charge in [-0.1, -0.05) is 20.3 Å². The zero-order valence-electron chi connectivity index (χ0n) is 11.2. The number of ether oxygens (including phenoxy) is 1. The SMILES string of the molecule is CC(C)NCCCCCN1CCOCC1C. The second-order valence-electron chi connectivity index (χ2n) is 5.13. The Kier molecular flexibility index (Phi) is 7.01. The summed E-state index contributed by atoms with van der Waals surface area (Å²) in [6, 6.07) is 1.24. The summed E-state index contributed by atoms with van der Waals surface area (Å²) in [6.07, 6.45) is 3.96. The highest BCUT2D eigenvalue weighted by Crippen LogP contribution is 2.08. The van der Waals surface area contributed by atoms with Gasteiger partial charge in [0.1, 0.15) is 0 Å². The van der Waals surface area contributed by atoms with Crippen molar-refractivity contribution in [3.63, 3.8) is 0 Å². The Labute approximate surface area is 101 Å². The highest BCUT2D eigenvalue weighted by Gasteiger charge is 2.17. The summed E-state index contributed by atoms with van der Waals surface area (Å²) < 4.78 is 5.43. The van der Waals surface area contributed by atoms with Gasteiger partial charge in [0.15, 0.2) is 0 Å². The van der Waals surface area contributed by atoms with E-state index < -0.39 is 0 Å². The lowest BCUT2D eigenvalue weighted by Crippen LogP contribution is -2.43. The molecule has 0 aliphatic carbocycles. The smallest absolute Gasteiger partial charge is 0.0619 e. The molecule has 1 fully saturated rings. The van der Waals surface area contributed by atoms with E-state index >= 15 is 0 Å². The van der Waals surface area contributed by atoms with Crippen molar-refractivity contribution in [1.29, 1.82) is 0 Å². The minimum absolute atomic E-state index is 0.613. The molecule has 0 spiro atoms. The Bertz CT molecular complexity index is 173. The standard InChI is InChI=1S/C13H28N2O/c1-12(2)14-7-5-4-6-8-15-9-10-16-11-13(15)3/h12-14H,4-11H2,1-3H3. The molecule has 0 saturated carbocycles. The second-order valence-corrected chi connectivity index (χ2v) is 5.13. The molecule has 0 radical (unpaired) electrons. The van der Waals surface area contributed by atoms with Gasteiger partial charge in [0, 0.05) is 18.6 Å². The van der Waals surface area contributed by atoms with Gasteiger partial charge in [-0.3, -0.25) is 4.90 Å². The van der Waals surface area contributed by atoms with E-state index in [9.17, 15) is 0 Å². The number of unbranched alkanes of at least 4 members (excludes halogenated alkanes) is 2. The highest BCUT2D eigenvalue weighted by atomic mass is 16.5. The summed E-state index contributed by atoms with van der Waals surface area (Å²) in [5, 5.41) is 3.46. The van der Waals surface area contributed by atoms with Gasteiger partial charge in [-0.25, -0.2) is 0 Å². The molecular formula is C13H28N2O. The van der Waals surface area contributed by atoms with Crippen LogP contribution < -0.4 is 5.32 Å². The lowest BCUT2D eigenvalue weighted by molar-refractivity contribution is -0.000902. The summed E-state index contributed by atoms with van der Waals surface area (Å²) in [4.78, 5) is 2.55. The van der Waals surface area contributed by atoms with E-state index in [-0.39, 0.29) is 0 Å². The van der Waals surface area contributed by atoms with Crippen LogP contribution in [0, 0.1) is 0 Å². The van der Waals surface area contributed by atoms with E-state index in [0.717, 1.165) is 26.3 Å². The normalized spacial score (nSPS) is 22.9. The Morgan fingerprint density at radius 2 is 2.12 bits per heavy atom. The van der Waals surface area contributed by atoms with Crippen LogP contribution in [0.25, 0.3) is 0 Å². The van der Waals surface area contributed by atoms with Crippen LogP contribution in [0.3, 0.4) is 0 Å². The van der Waals surface area contributed by atoms with Gasteiger partial charge in [-0.05, 0) is 32.9 Å². The van der Waals surface area contributed by atoms with Crippen LogP contribution >= 0.6 is 0 Å². The third-order valence-corrected chi connectivity index (χ3v) is 3.18. The van der Waals surface area contributed by atoms with Gasteiger partial charge >= 0.3 is 0 Å². The molecule has 1 aliphatic rings. The number of nitrogens with one attached hydrogen (secondary N) is 1. The first kappa shape index (κ1) is 13.9.